The van der Waals surface area contributed by atoms with Crippen molar-refractivity contribution in [2.24, 2.45) is 0 Å². The molecule has 0 saturated carbocycles. The molecule has 6 heteroatoms. The third kappa shape index (κ3) is 3.62. The first-order chi connectivity index (χ1) is 11.8. The van der Waals surface area contributed by atoms with Crippen LogP contribution >= 0.6 is 0 Å². The average molecular weight is 345 g/mol. The van der Waals surface area contributed by atoms with E-state index in [4.69, 9.17) is 0 Å². The SMILES string of the molecule is CC(NC1(C#N)CN(c2ccccc2)C1)c1ccc(C(F)(F)F)cc1. The number of nitriles is 1. The van der Waals surface area contributed by atoms with Crippen molar-refractivity contribution >= 4 is 5.69 Å². The molecule has 1 saturated heterocycles. The van der Waals surface area contributed by atoms with Crippen LogP contribution in [-0.4, -0.2) is 18.6 Å². The van der Waals surface area contributed by atoms with Gasteiger partial charge in [-0.1, -0.05) is 30.3 Å². The maximum atomic E-state index is 12.7. The molecule has 1 aliphatic heterocycles. The Kier molecular flexibility index (Phi) is 4.44. The Balaban J connectivity index is 1.66. The molecule has 130 valence electrons. The van der Waals surface area contributed by atoms with Crippen LogP contribution in [0.2, 0.25) is 0 Å². The molecule has 1 unspecified atom stereocenters. The third-order valence-corrected chi connectivity index (χ3v) is 4.49. The van der Waals surface area contributed by atoms with Gasteiger partial charge in [-0.25, -0.2) is 0 Å². The molecule has 0 aromatic heterocycles. The molecule has 25 heavy (non-hydrogen) atoms. The molecule has 1 fully saturated rings. The second-order valence-electron chi connectivity index (χ2n) is 6.37. The van der Waals surface area contributed by atoms with E-state index in [2.05, 4.69) is 16.3 Å². The standard InChI is InChI=1S/C19H18F3N3/c1-14(15-7-9-16(10-8-15)19(20,21)22)24-18(11-23)12-25(13-18)17-5-3-2-4-6-17/h2-10,14,24H,12-13H2,1H3. The van der Waals surface area contributed by atoms with Gasteiger partial charge in [-0.2, -0.15) is 18.4 Å². The monoisotopic (exact) mass is 345 g/mol. The number of halogens is 3. The Morgan fingerprint density at radius 3 is 2.20 bits per heavy atom. The molecule has 2 aromatic rings. The summed E-state index contributed by atoms with van der Waals surface area (Å²) in [7, 11) is 0. The third-order valence-electron chi connectivity index (χ3n) is 4.49. The van der Waals surface area contributed by atoms with Gasteiger partial charge in [0.25, 0.3) is 0 Å². The molecule has 0 radical (unpaired) electrons. The molecule has 0 aliphatic carbocycles. The van der Waals surface area contributed by atoms with E-state index in [9.17, 15) is 18.4 Å². The Morgan fingerprint density at radius 1 is 1.08 bits per heavy atom. The Bertz CT molecular complexity index is 757. The van der Waals surface area contributed by atoms with Crippen molar-refractivity contribution in [3.63, 3.8) is 0 Å². The summed E-state index contributed by atoms with van der Waals surface area (Å²) in [5.41, 5.74) is 0.410. The summed E-state index contributed by atoms with van der Waals surface area (Å²) in [6, 6.07) is 17.0. The maximum Gasteiger partial charge on any atom is 0.416 e. The molecular formula is C19H18F3N3. The fraction of sp³-hybridized carbons (Fsp3) is 0.316. The smallest absolute Gasteiger partial charge is 0.366 e. The topological polar surface area (TPSA) is 39.1 Å². The van der Waals surface area contributed by atoms with E-state index in [-0.39, 0.29) is 6.04 Å². The normalized spacial score (nSPS) is 17.5. The first-order valence-electron chi connectivity index (χ1n) is 7.99. The zero-order chi connectivity index (χ0) is 18.1. The van der Waals surface area contributed by atoms with Crippen molar-refractivity contribution in [2.45, 2.75) is 24.7 Å². The van der Waals surface area contributed by atoms with Crippen molar-refractivity contribution in [1.82, 2.24) is 5.32 Å². The highest BCUT2D eigenvalue weighted by atomic mass is 19.4. The second-order valence-corrected chi connectivity index (χ2v) is 6.37. The number of para-hydroxylation sites is 1. The van der Waals surface area contributed by atoms with Crippen LogP contribution in [-0.2, 0) is 6.18 Å². The van der Waals surface area contributed by atoms with Gasteiger partial charge in [0.15, 0.2) is 0 Å². The molecule has 3 rings (SSSR count). The van der Waals surface area contributed by atoms with Crippen molar-refractivity contribution in [1.29, 1.82) is 5.26 Å². The van der Waals surface area contributed by atoms with E-state index in [1.54, 1.807) is 0 Å². The number of rotatable bonds is 4. The first kappa shape index (κ1) is 17.3. The van der Waals surface area contributed by atoms with Gasteiger partial charge in [-0.3, -0.25) is 5.32 Å². The molecule has 1 atom stereocenters. The van der Waals surface area contributed by atoms with Gasteiger partial charge in [0, 0.05) is 11.7 Å². The molecular weight excluding hydrogens is 327 g/mol. The minimum Gasteiger partial charge on any atom is -0.366 e. The highest BCUT2D eigenvalue weighted by Gasteiger charge is 2.44. The van der Waals surface area contributed by atoms with E-state index >= 15 is 0 Å². The van der Waals surface area contributed by atoms with Crippen LogP contribution in [0.4, 0.5) is 18.9 Å². The summed E-state index contributed by atoms with van der Waals surface area (Å²) in [4.78, 5) is 2.09. The van der Waals surface area contributed by atoms with Gasteiger partial charge >= 0.3 is 6.18 Å². The zero-order valence-electron chi connectivity index (χ0n) is 13.7. The van der Waals surface area contributed by atoms with Crippen LogP contribution in [0.15, 0.2) is 54.6 Å². The Hall–Kier alpha value is -2.52. The lowest BCUT2D eigenvalue weighted by molar-refractivity contribution is -0.137. The molecule has 1 N–H and O–H groups in total. The second kappa shape index (κ2) is 6.41. The van der Waals surface area contributed by atoms with Gasteiger partial charge in [-0.05, 0) is 36.8 Å². The molecule has 0 amide bonds. The summed E-state index contributed by atoms with van der Waals surface area (Å²) in [6.45, 7) is 2.93. The van der Waals surface area contributed by atoms with Crippen molar-refractivity contribution in [3.8, 4) is 6.07 Å². The van der Waals surface area contributed by atoms with Crippen molar-refractivity contribution in [2.75, 3.05) is 18.0 Å². The van der Waals surface area contributed by atoms with Crippen LogP contribution in [0.3, 0.4) is 0 Å². The molecule has 3 nitrogen and oxygen atoms in total. The predicted molar refractivity (Wildman–Crippen MR) is 90.0 cm³/mol. The van der Waals surface area contributed by atoms with Crippen molar-refractivity contribution in [3.05, 3.63) is 65.7 Å². The van der Waals surface area contributed by atoms with Crippen LogP contribution in [0, 0.1) is 11.3 Å². The lowest BCUT2D eigenvalue weighted by Gasteiger charge is -2.48. The van der Waals surface area contributed by atoms with E-state index in [1.165, 1.54) is 12.1 Å². The number of nitrogens with zero attached hydrogens (tertiary/aromatic N) is 2. The minimum absolute atomic E-state index is 0.222. The lowest BCUT2D eigenvalue weighted by Crippen LogP contribution is -2.69. The minimum atomic E-state index is -4.34. The summed E-state index contributed by atoms with van der Waals surface area (Å²) in [5.74, 6) is 0. The molecule has 2 aromatic carbocycles. The van der Waals surface area contributed by atoms with E-state index < -0.39 is 17.3 Å². The molecule has 1 aliphatic rings. The first-order valence-corrected chi connectivity index (χ1v) is 7.99. The Morgan fingerprint density at radius 2 is 1.68 bits per heavy atom. The zero-order valence-corrected chi connectivity index (χ0v) is 13.7. The Labute approximate surface area is 144 Å². The van der Waals surface area contributed by atoms with Gasteiger partial charge in [-0.15, -0.1) is 0 Å². The van der Waals surface area contributed by atoms with Crippen molar-refractivity contribution < 1.29 is 13.2 Å². The number of benzene rings is 2. The lowest BCUT2D eigenvalue weighted by atomic mass is 9.89. The molecule has 0 spiro atoms. The molecule has 0 bridgehead atoms. The number of alkyl halides is 3. The summed E-state index contributed by atoms with van der Waals surface area (Å²) in [5, 5.41) is 12.8. The van der Waals surface area contributed by atoms with E-state index in [0.717, 1.165) is 23.4 Å². The molecule has 1 heterocycles. The van der Waals surface area contributed by atoms with E-state index in [1.807, 2.05) is 37.3 Å². The number of nitrogens with one attached hydrogen (secondary N) is 1. The van der Waals surface area contributed by atoms with Gasteiger partial charge in [0.05, 0.1) is 24.7 Å². The maximum absolute atomic E-state index is 12.7. The highest BCUT2D eigenvalue weighted by Crippen LogP contribution is 2.32. The van der Waals surface area contributed by atoms with Gasteiger partial charge < -0.3 is 4.90 Å². The van der Waals surface area contributed by atoms with Gasteiger partial charge in [0.2, 0.25) is 0 Å². The fourth-order valence-corrected chi connectivity index (χ4v) is 3.08. The van der Waals surface area contributed by atoms with Crippen LogP contribution in [0.5, 0.6) is 0 Å². The van der Waals surface area contributed by atoms with Crippen LogP contribution in [0.25, 0.3) is 0 Å². The van der Waals surface area contributed by atoms with Gasteiger partial charge in [0.1, 0.15) is 5.54 Å². The summed E-state index contributed by atoms with van der Waals surface area (Å²) in [6.07, 6.45) is -4.34. The average Bonchev–Trinajstić information content (AvgIpc) is 2.57. The number of hydrogen-bond donors (Lipinski definition) is 1. The van der Waals surface area contributed by atoms with Crippen LogP contribution < -0.4 is 10.2 Å². The number of anilines is 1. The fourth-order valence-electron chi connectivity index (χ4n) is 3.08. The largest absolute Gasteiger partial charge is 0.416 e. The quantitative estimate of drug-likeness (QED) is 0.905. The summed E-state index contributed by atoms with van der Waals surface area (Å²) < 4.78 is 38.0. The highest BCUT2D eigenvalue weighted by molar-refractivity contribution is 5.52. The van der Waals surface area contributed by atoms with Crippen LogP contribution in [0.1, 0.15) is 24.1 Å². The summed E-state index contributed by atoms with van der Waals surface area (Å²) >= 11 is 0. The predicted octanol–water partition coefficient (Wildman–Crippen LogP) is 4.14. The number of hydrogen-bond acceptors (Lipinski definition) is 3. The van der Waals surface area contributed by atoms with E-state index in [0.29, 0.717) is 13.1 Å².